The first-order valence-electron chi connectivity index (χ1n) is 4.48. The van der Waals surface area contributed by atoms with Crippen molar-refractivity contribution in [1.29, 1.82) is 0 Å². The number of alkyl halides is 3. The number of rotatable bonds is 2. The molecule has 16 heavy (non-hydrogen) atoms. The van der Waals surface area contributed by atoms with Crippen LogP contribution in [0.25, 0.3) is 5.57 Å². The van der Waals surface area contributed by atoms with Crippen molar-refractivity contribution in [3.05, 3.63) is 29.8 Å². The quantitative estimate of drug-likeness (QED) is 0.792. The Labute approximate surface area is 91.5 Å². The van der Waals surface area contributed by atoms with E-state index in [-0.39, 0.29) is 11.4 Å². The first kappa shape index (κ1) is 12.4. The first-order chi connectivity index (χ1) is 7.27. The highest BCUT2D eigenvalue weighted by Gasteiger charge is 2.34. The molecule has 0 saturated carbocycles. The fourth-order valence-electron chi connectivity index (χ4n) is 1.34. The van der Waals surface area contributed by atoms with Crippen molar-refractivity contribution >= 4 is 11.3 Å². The van der Waals surface area contributed by atoms with E-state index < -0.39 is 11.7 Å². The third kappa shape index (κ3) is 2.29. The van der Waals surface area contributed by atoms with Gasteiger partial charge in [-0.05, 0) is 18.6 Å². The fraction of sp³-hybridized carbons (Fsp3) is 0.273. The maximum Gasteiger partial charge on any atom is 0.418 e. The van der Waals surface area contributed by atoms with Crippen molar-refractivity contribution in [2.75, 3.05) is 12.8 Å². The van der Waals surface area contributed by atoms with Crippen LogP contribution in [0.4, 0.5) is 18.9 Å². The fourth-order valence-corrected chi connectivity index (χ4v) is 1.34. The zero-order chi connectivity index (χ0) is 12.5. The number of hydrogen-bond acceptors (Lipinski definition) is 2. The Morgan fingerprint density at radius 1 is 1.38 bits per heavy atom. The maximum absolute atomic E-state index is 12.6. The molecule has 2 nitrogen and oxygen atoms in total. The number of allylic oxidation sites excluding steroid dienone is 1. The number of nitrogen functional groups attached to an aromatic ring is 1. The summed E-state index contributed by atoms with van der Waals surface area (Å²) >= 11 is 0. The van der Waals surface area contributed by atoms with Crippen LogP contribution < -0.4 is 10.5 Å². The van der Waals surface area contributed by atoms with E-state index in [0.29, 0.717) is 11.1 Å². The Morgan fingerprint density at radius 2 is 1.94 bits per heavy atom. The van der Waals surface area contributed by atoms with Gasteiger partial charge in [-0.15, -0.1) is 0 Å². The third-order valence-corrected chi connectivity index (χ3v) is 2.14. The van der Waals surface area contributed by atoms with E-state index >= 15 is 0 Å². The summed E-state index contributed by atoms with van der Waals surface area (Å²) in [6.07, 6.45) is -4.47. The van der Waals surface area contributed by atoms with E-state index in [1.54, 1.807) is 6.92 Å². The van der Waals surface area contributed by atoms with Crippen molar-refractivity contribution < 1.29 is 17.9 Å². The lowest BCUT2D eigenvalue weighted by Gasteiger charge is -2.15. The minimum atomic E-state index is -4.47. The highest BCUT2D eigenvalue weighted by atomic mass is 19.4. The third-order valence-electron chi connectivity index (χ3n) is 2.14. The topological polar surface area (TPSA) is 35.2 Å². The average Bonchev–Trinajstić information content (AvgIpc) is 2.14. The number of ether oxygens (including phenoxy) is 1. The monoisotopic (exact) mass is 231 g/mol. The lowest BCUT2D eigenvalue weighted by atomic mass is 10.0. The molecule has 0 heterocycles. The van der Waals surface area contributed by atoms with E-state index in [1.165, 1.54) is 7.11 Å². The Morgan fingerprint density at radius 3 is 2.31 bits per heavy atom. The molecule has 0 bridgehead atoms. The highest BCUT2D eigenvalue weighted by molar-refractivity contribution is 5.72. The number of hydrogen-bond donors (Lipinski definition) is 1. The van der Waals surface area contributed by atoms with Crippen LogP contribution in [-0.4, -0.2) is 7.11 Å². The Hall–Kier alpha value is -1.65. The van der Waals surface area contributed by atoms with Crippen molar-refractivity contribution in [2.45, 2.75) is 13.1 Å². The number of nitrogens with two attached hydrogens (primary N) is 1. The van der Waals surface area contributed by atoms with Crippen LogP contribution in [0.3, 0.4) is 0 Å². The normalized spacial score (nSPS) is 11.3. The lowest BCUT2D eigenvalue weighted by molar-refractivity contribution is -0.136. The van der Waals surface area contributed by atoms with E-state index in [9.17, 15) is 13.2 Å². The molecule has 0 amide bonds. The van der Waals surface area contributed by atoms with Crippen molar-refractivity contribution in [2.24, 2.45) is 0 Å². The molecule has 0 aliphatic heterocycles. The molecule has 0 aliphatic carbocycles. The van der Waals surface area contributed by atoms with Gasteiger partial charge in [0.25, 0.3) is 0 Å². The van der Waals surface area contributed by atoms with Gasteiger partial charge >= 0.3 is 6.18 Å². The highest BCUT2D eigenvalue weighted by Crippen LogP contribution is 2.38. The first-order valence-corrected chi connectivity index (χ1v) is 4.48. The SMILES string of the molecule is C=C(C)c1cc(C(F)(F)F)c(N)cc1OC. The summed E-state index contributed by atoms with van der Waals surface area (Å²) in [6, 6.07) is 2.11. The van der Waals surface area contributed by atoms with Gasteiger partial charge in [-0.3, -0.25) is 0 Å². The molecule has 1 aromatic carbocycles. The van der Waals surface area contributed by atoms with Gasteiger partial charge in [0.1, 0.15) is 5.75 Å². The number of benzene rings is 1. The predicted octanol–water partition coefficient (Wildman–Crippen LogP) is 3.33. The summed E-state index contributed by atoms with van der Waals surface area (Å²) in [5.74, 6) is 0.290. The molecule has 1 aromatic rings. The smallest absolute Gasteiger partial charge is 0.418 e. The second kappa shape index (κ2) is 4.08. The van der Waals surface area contributed by atoms with Crippen LogP contribution in [-0.2, 0) is 6.18 Å². The molecule has 2 N–H and O–H groups in total. The second-order valence-corrected chi connectivity index (χ2v) is 3.42. The van der Waals surface area contributed by atoms with Crippen molar-refractivity contribution in [3.8, 4) is 5.75 Å². The minimum absolute atomic E-state index is 0.290. The van der Waals surface area contributed by atoms with Gasteiger partial charge in [-0.25, -0.2) is 0 Å². The van der Waals surface area contributed by atoms with Crippen LogP contribution in [0.5, 0.6) is 5.75 Å². The Balaban J connectivity index is 3.45. The molecule has 0 unspecified atom stereocenters. The maximum atomic E-state index is 12.6. The molecule has 0 fully saturated rings. The molecule has 0 atom stereocenters. The predicted molar refractivity (Wildman–Crippen MR) is 57.1 cm³/mol. The van der Waals surface area contributed by atoms with Gasteiger partial charge in [0.2, 0.25) is 0 Å². The standard InChI is InChI=1S/C11H12F3NO/c1-6(2)7-4-8(11(12,13)14)9(15)5-10(7)16-3/h4-5H,1,15H2,2-3H3. The Bertz CT molecular complexity index is 424. The van der Waals surface area contributed by atoms with Gasteiger partial charge in [0.15, 0.2) is 0 Å². The average molecular weight is 231 g/mol. The zero-order valence-corrected chi connectivity index (χ0v) is 8.98. The number of anilines is 1. The summed E-state index contributed by atoms with van der Waals surface area (Å²) in [7, 11) is 1.37. The second-order valence-electron chi connectivity index (χ2n) is 3.42. The summed E-state index contributed by atoms with van der Waals surface area (Å²) in [5.41, 5.74) is 4.90. The van der Waals surface area contributed by atoms with Crippen LogP contribution in [0.15, 0.2) is 18.7 Å². The number of halogens is 3. The van der Waals surface area contributed by atoms with E-state index in [4.69, 9.17) is 10.5 Å². The van der Waals surface area contributed by atoms with Crippen molar-refractivity contribution in [3.63, 3.8) is 0 Å². The largest absolute Gasteiger partial charge is 0.496 e. The molecule has 0 saturated heterocycles. The van der Waals surface area contributed by atoms with Crippen LogP contribution >= 0.6 is 0 Å². The van der Waals surface area contributed by atoms with E-state index in [2.05, 4.69) is 6.58 Å². The molecule has 0 aliphatic rings. The molecule has 0 spiro atoms. The molecule has 0 radical (unpaired) electrons. The number of methoxy groups -OCH3 is 1. The summed E-state index contributed by atoms with van der Waals surface area (Å²) in [5, 5.41) is 0. The molecule has 0 aromatic heterocycles. The molecular weight excluding hydrogens is 219 g/mol. The summed E-state index contributed by atoms with van der Waals surface area (Å²) < 4.78 is 42.7. The van der Waals surface area contributed by atoms with Crippen LogP contribution in [0.1, 0.15) is 18.1 Å². The zero-order valence-electron chi connectivity index (χ0n) is 8.98. The van der Waals surface area contributed by atoms with E-state index in [0.717, 1.165) is 12.1 Å². The van der Waals surface area contributed by atoms with Crippen LogP contribution in [0.2, 0.25) is 0 Å². The summed E-state index contributed by atoms with van der Waals surface area (Å²) in [6.45, 7) is 5.20. The van der Waals surface area contributed by atoms with Gasteiger partial charge < -0.3 is 10.5 Å². The van der Waals surface area contributed by atoms with Gasteiger partial charge in [0.05, 0.1) is 12.7 Å². The minimum Gasteiger partial charge on any atom is -0.496 e. The van der Waals surface area contributed by atoms with Gasteiger partial charge in [-0.1, -0.05) is 6.58 Å². The van der Waals surface area contributed by atoms with Crippen LogP contribution in [0, 0.1) is 0 Å². The Kier molecular flexibility index (Phi) is 3.16. The van der Waals surface area contributed by atoms with Gasteiger partial charge in [-0.2, -0.15) is 13.2 Å². The lowest BCUT2D eigenvalue weighted by Crippen LogP contribution is -2.10. The molecule has 1 rings (SSSR count). The molecular formula is C11H12F3NO. The summed E-state index contributed by atoms with van der Waals surface area (Å²) in [4.78, 5) is 0. The molecule has 88 valence electrons. The van der Waals surface area contributed by atoms with Crippen molar-refractivity contribution in [1.82, 2.24) is 0 Å². The van der Waals surface area contributed by atoms with E-state index in [1.807, 2.05) is 0 Å². The molecule has 5 heteroatoms. The van der Waals surface area contributed by atoms with Gasteiger partial charge in [0, 0.05) is 17.3 Å².